The highest BCUT2D eigenvalue weighted by Crippen LogP contribution is 2.12. The molecule has 0 radical (unpaired) electrons. The maximum Gasteiger partial charge on any atom is 0.275 e. The van der Waals surface area contributed by atoms with Gasteiger partial charge < -0.3 is 9.32 Å². The fraction of sp³-hybridized carbons (Fsp3) is 0.333. The zero-order valence-corrected chi connectivity index (χ0v) is 18.3. The number of oxazole rings is 1. The van der Waals surface area contributed by atoms with Crippen molar-refractivity contribution in [2.24, 2.45) is 0 Å². The molecule has 0 atom stereocenters. The Morgan fingerprint density at radius 1 is 1.12 bits per heavy atom. The molecule has 0 aliphatic carbocycles. The Hall–Kier alpha value is -3.36. The molecule has 1 saturated heterocycles. The van der Waals surface area contributed by atoms with Crippen LogP contribution >= 0.6 is 0 Å². The molecule has 0 spiro atoms. The molecule has 32 heavy (non-hydrogen) atoms. The predicted octanol–water partition coefficient (Wildman–Crippen LogP) is 2.57. The van der Waals surface area contributed by atoms with Crippen LogP contribution in [0.25, 0.3) is 6.08 Å². The van der Waals surface area contributed by atoms with Gasteiger partial charge in [-0.2, -0.15) is 0 Å². The minimum atomic E-state index is -0.186. The first kappa shape index (κ1) is 21.9. The van der Waals surface area contributed by atoms with E-state index in [0.717, 1.165) is 38.4 Å². The molecule has 1 aromatic carbocycles. The van der Waals surface area contributed by atoms with Crippen molar-refractivity contribution in [3.05, 3.63) is 84.1 Å². The van der Waals surface area contributed by atoms with Gasteiger partial charge in [-0.1, -0.05) is 42.5 Å². The zero-order chi connectivity index (χ0) is 22.2. The van der Waals surface area contributed by atoms with Crippen molar-refractivity contribution in [3.63, 3.8) is 0 Å². The number of piperazine rings is 1. The van der Waals surface area contributed by atoms with Crippen LogP contribution in [-0.4, -0.2) is 75.3 Å². The Bertz CT molecular complexity index is 1010. The van der Waals surface area contributed by atoms with Crippen molar-refractivity contribution >= 4 is 12.0 Å². The number of hydrogen-bond acceptors (Lipinski definition) is 7. The van der Waals surface area contributed by atoms with Gasteiger partial charge in [0.05, 0.1) is 18.8 Å². The van der Waals surface area contributed by atoms with Crippen molar-refractivity contribution in [1.82, 2.24) is 29.7 Å². The van der Waals surface area contributed by atoms with Crippen molar-refractivity contribution in [2.45, 2.75) is 13.1 Å². The van der Waals surface area contributed by atoms with Crippen LogP contribution in [0.4, 0.5) is 0 Å². The number of benzene rings is 1. The van der Waals surface area contributed by atoms with E-state index < -0.39 is 0 Å². The van der Waals surface area contributed by atoms with Crippen LogP contribution in [0.2, 0.25) is 0 Å². The van der Waals surface area contributed by atoms with Gasteiger partial charge in [0.1, 0.15) is 12.6 Å². The lowest BCUT2D eigenvalue weighted by Gasteiger charge is -2.33. The average molecular weight is 433 g/mol. The third-order valence-electron chi connectivity index (χ3n) is 5.46. The molecular weight excluding hydrogens is 404 g/mol. The monoisotopic (exact) mass is 432 g/mol. The summed E-state index contributed by atoms with van der Waals surface area (Å²) >= 11 is 0. The molecule has 0 bridgehead atoms. The van der Waals surface area contributed by atoms with E-state index in [1.165, 1.54) is 18.2 Å². The number of nitrogens with zero attached hydrogens (tertiary/aromatic N) is 6. The van der Waals surface area contributed by atoms with E-state index in [9.17, 15) is 4.79 Å². The summed E-state index contributed by atoms with van der Waals surface area (Å²) in [6.07, 6.45) is 8.96. The van der Waals surface area contributed by atoms with E-state index >= 15 is 0 Å². The van der Waals surface area contributed by atoms with E-state index in [1.807, 2.05) is 6.07 Å². The Labute approximate surface area is 188 Å². The normalized spacial score (nSPS) is 15.3. The summed E-state index contributed by atoms with van der Waals surface area (Å²) in [5.74, 6) is 0.384. The summed E-state index contributed by atoms with van der Waals surface area (Å²) in [7, 11) is 1.73. The molecule has 0 N–H and O–H groups in total. The smallest absolute Gasteiger partial charge is 0.275 e. The van der Waals surface area contributed by atoms with Gasteiger partial charge in [-0.05, 0) is 11.6 Å². The molecule has 3 aromatic rings. The number of rotatable bonds is 8. The Kier molecular flexibility index (Phi) is 7.37. The van der Waals surface area contributed by atoms with Crippen LogP contribution in [0.1, 0.15) is 27.6 Å². The number of amides is 1. The molecule has 4 rings (SSSR count). The minimum absolute atomic E-state index is 0.186. The van der Waals surface area contributed by atoms with Crippen LogP contribution < -0.4 is 0 Å². The van der Waals surface area contributed by atoms with E-state index in [-0.39, 0.29) is 5.91 Å². The number of carbonyl (C=O) groups is 1. The molecule has 166 valence electrons. The molecule has 8 heteroatoms. The first-order valence-electron chi connectivity index (χ1n) is 10.8. The first-order valence-corrected chi connectivity index (χ1v) is 10.8. The van der Waals surface area contributed by atoms with Gasteiger partial charge in [-0.3, -0.25) is 14.6 Å². The highest BCUT2D eigenvalue weighted by atomic mass is 16.3. The predicted molar refractivity (Wildman–Crippen MR) is 122 cm³/mol. The van der Waals surface area contributed by atoms with Gasteiger partial charge in [-0.15, -0.1) is 0 Å². The van der Waals surface area contributed by atoms with E-state index in [0.29, 0.717) is 24.7 Å². The average Bonchev–Trinajstić information content (AvgIpc) is 3.29. The highest BCUT2D eigenvalue weighted by Gasteiger charge is 2.21. The van der Waals surface area contributed by atoms with Crippen molar-refractivity contribution in [3.8, 4) is 0 Å². The Morgan fingerprint density at radius 3 is 2.66 bits per heavy atom. The standard InChI is InChI=1S/C24H28N6O2/c1-28(16-21-9-10-25-19-26-21)24(31)22-18-32-23(27-22)17-30-14-12-29(13-15-30)11-5-8-20-6-3-2-4-7-20/h2-10,18-19H,11-17H2,1H3. The minimum Gasteiger partial charge on any atom is -0.447 e. The number of hydrogen-bond donors (Lipinski definition) is 0. The fourth-order valence-corrected chi connectivity index (χ4v) is 3.63. The topological polar surface area (TPSA) is 78.6 Å². The maximum atomic E-state index is 12.6. The van der Waals surface area contributed by atoms with Crippen LogP contribution in [-0.2, 0) is 13.1 Å². The summed E-state index contributed by atoms with van der Waals surface area (Å²) < 4.78 is 5.58. The third-order valence-corrected chi connectivity index (χ3v) is 5.46. The molecule has 3 heterocycles. The van der Waals surface area contributed by atoms with Crippen molar-refractivity contribution in [1.29, 1.82) is 0 Å². The SMILES string of the molecule is CN(Cc1ccncn1)C(=O)c1coc(CN2CCN(CC=Cc3ccccc3)CC2)n1. The van der Waals surface area contributed by atoms with E-state index in [1.54, 1.807) is 24.2 Å². The summed E-state index contributed by atoms with van der Waals surface area (Å²) in [6, 6.07) is 12.1. The first-order chi connectivity index (χ1) is 15.7. The summed E-state index contributed by atoms with van der Waals surface area (Å²) in [5, 5.41) is 0. The van der Waals surface area contributed by atoms with Gasteiger partial charge in [-0.25, -0.2) is 15.0 Å². The number of aromatic nitrogens is 3. The lowest BCUT2D eigenvalue weighted by molar-refractivity contribution is 0.0777. The molecule has 0 saturated carbocycles. The lowest BCUT2D eigenvalue weighted by atomic mass is 10.2. The summed E-state index contributed by atoms with van der Waals surface area (Å²) in [6.45, 7) is 5.82. The quantitative estimate of drug-likeness (QED) is 0.541. The zero-order valence-electron chi connectivity index (χ0n) is 18.3. The van der Waals surface area contributed by atoms with Gasteiger partial charge in [0, 0.05) is 46.0 Å². The van der Waals surface area contributed by atoms with Crippen LogP contribution in [0.15, 0.2) is 65.7 Å². The summed E-state index contributed by atoms with van der Waals surface area (Å²) in [4.78, 5) is 31.4. The van der Waals surface area contributed by atoms with E-state index in [2.05, 4.69) is 61.2 Å². The molecular formula is C24H28N6O2. The highest BCUT2D eigenvalue weighted by molar-refractivity contribution is 5.91. The molecule has 1 amide bonds. The summed E-state index contributed by atoms with van der Waals surface area (Å²) in [5.41, 5.74) is 2.32. The Morgan fingerprint density at radius 2 is 1.91 bits per heavy atom. The van der Waals surface area contributed by atoms with Crippen LogP contribution in [0.3, 0.4) is 0 Å². The van der Waals surface area contributed by atoms with Crippen LogP contribution in [0.5, 0.6) is 0 Å². The Balaban J connectivity index is 1.22. The number of carbonyl (C=O) groups excluding carboxylic acids is 1. The van der Waals surface area contributed by atoms with Crippen molar-refractivity contribution < 1.29 is 9.21 Å². The van der Waals surface area contributed by atoms with Crippen LogP contribution in [0, 0.1) is 0 Å². The molecule has 8 nitrogen and oxygen atoms in total. The van der Waals surface area contributed by atoms with Gasteiger partial charge in [0.15, 0.2) is 5.69 Å². The second-order valence-electron chi connectivity index (χ2n) is 7.88. The molecule has 0 unspecified atom stereocenters. The van der Waals surface area contributed by atoms with Gasteiger partial charge >= 0.3 is 0 Å². The lowest BCUT2D eigenvalue weighted by Crippen LogP contribution is -2.45. The second-order valence-corrected chi connectivity index (χ2v) is 7.88. The molecule has 1 fully saturated rings. The van der Waals surface area contributed by atoms with Gasteiger partial charge in [0.25, 0.3) is 5.91 Å². The third kappa shape index (κ3) is 6.09. The molecule has 1 aliphatic rings. The van der Waals surface area contributed by atoms with Gasteiger partial charge in [0.2, 0.25) is 5.89 Å². The largest absolute Gasteiger partial charge is 0.447 e. The molecule has 2 aromatic heterocycles. The maximum absolute atomic E-state index is 12.6. The fourth-order valence-electron chi connectivity index (χ4n) is 3.63. The van der Waals surface area contributed by atoms with Crippen molar-refractivity contribution in [2.75, 3.05) is 39.8 Å². The molecule has 1 aliphatic heterocycles. The second kappa shape index (κ2) is 10.8. The van der Waals surface area contributed by atoms with E-state index in [4.69, 9.17) is 4.42 Å².